The van der Waals surface area contributed by atoms with Gasteiger partial charge in [-0.05, 0) is 64.2 Å². The molecule has 15 heteroatoms. The molecule has 432 valence electrons. The van der Waals surface area contributed by atoms with E-state index in [9.17, 15) is 45.3 Å². The minimum atomic E-state index is -1.77. The maximum absolute atomic E-state index is 13.0. The summed E-state index contributed by atoms with van der Waals surface area (Å²) in [6.07, 6.45) is 34.8. The summed E-state index contributed by atoms with van der Waals surface area (Å²) >= 11 is 0. The molecule has 74 heavy (non-hydrogen) atoms. The van der Waals surface area contributed by atoms with Crippen LogP contribution in [0.4, 0.5) is 0 Å². The summed E-state index contributed by atoms with van der Waals surface area (Å²) in [5.41, 5.74) is 0. The number of esters is 2. The van der Waals surface area contributed by atoms with E-state index >= 15 is 0 Å². The molecule has 0 aromatic rings. The minimum absolute atomic E-state index is 0.118. The second-order valence-corrected chi connectivity index (χ2v) is 20.8. The number of ether oxygens (including phenoxy) is 6. The molecule has 0 aromatic heterocycles. The van der Waals surface area contributed by atoms with Crippen molar-refractivity contribution < 1.29 is 73.8 Å². The van der Waals surface area contributed by atoms with E-state index in [0.29, 0.717) is 12.8 Å². The lowest BCUT2D eigenvalue weighted by molar-refractivity contribution is -0.332. The van der Waals surface area contributed by atoms with Crippen molar-refractivity contribution in [3.63, 3.8) is 0 Å². The summed E-state index contributed by atoms with van der Waals surface area (Å²) in [5, 5.41) is 72.2. The Labute approximate surface area is 446 Å². The van der Waals surface area contributed by atoms with Crippen molar-refractivity contribution >= 4 is 11.9 Å². The van der Waals surface area contributed by atoms with Crippen LogP contribution in [0.3, 0.4) is 0 Å². The normalized spacial score (nSPS) is 24.9. The van der Waals surface area contributed by atoms with Gasteiger partial charge in [0.2, 0.25) is 0 Å². The maximum atomic E-state index is 13.0. The summed E-state index contributed by atoms with van der Waals surface area (Å²) in [6, 6.07) is 0. The minimum Gasteiger partial charge on any atom is -0.462 e. The summed E-state index contributed by atoms with van der Waals surface area (Å²) < 4.78 is 33.6. The zero-order valence-corrected chi connectivity index (χ0v) is 46.1. The highest BCUT2D eigenvalue weighted by Crippen LogP contribution is 2.27. The van der Waals surface area contributed by atoms with E-state index in [4.69, 9.17) is 28.4 Å². The molecule has 0 saturated carbocycles. The number of carbonyl (C=O) groups is 2. The Morgan fingerprint density at radius 2 is 0.824 bits per heavy atom. The molecule has 7 N–H and O–H groups in total. The highest BCUT2D eigenvalue weighted by molar-refractivity contribution is 5.70. The van der Waals surface area contributed by atoms with Gasteiger partial charge in [0, 0.05) is 12.8 Å². The lowest BCUT2D eigenvalue weighted by Gasteiger charge is -2.42. The first kappa shape index (κ1) is 67.8. The van der Waals surface area contributed by atoms with E-state index < -0.39 is 99.3 Å². The van der Waals surface area contributed by atoms with Crippen molar-refractivity contribution in [1.82, 2.24) is 0 Å². The summed E-state index contributed by atoms with van der Waals surface area (Å²) in [6.45, 7) is 2.56. The Morgan fingerprint density at radius 1 is 0.432 bits per heavy atom. The number of allylic oxidation sites excluding steroid dienone is 6. The van der Waals surface area contributed by atoms with Gasteiger partial charge in [0.25, 0.3) is 0 Å². The Kier molecular flexibility index (Phi) is 41.9. The average molecular weight is 1060 g/mol. The van der Waals surface area contributed by atoms with E-state index in [1.807, 2.05) is 0 Å². The van der Waals surface area contributed by atoms with E-state index in [1.54, 1.807) is 0 Å². The summed E-state index contributed by atoms with van der Waals surface area (Å²) in [7, 11) is 0. The van der Waals surface area contributed by atoms with Crippen molar-refractivity contribution in [3.8, 4) is 0 Å². The molecule has 4 unspecified atom stereocenters. The molecular weight excluding hydrogens is 949 g/mol. The van der Waals surface area contributed by atoms with Crippen LogP contribution < -0.4 is 0 Å². The molecule has 2 rings (SSSR count). The van der Waals surface area contributed by atoms with Crippen LogP contribution in [0.5, 0.6) is 0 Å². The number of unbranched alkanes of at least 4 members (excludes halogenated alkanes) is 27. The molecule has 2 aliphatic heterocycles. The number of hydrogen-bond acceptors (Lipinski definition) is 15. The molecule has 0 radical (unpaired) electrons. The molecule has 0 bridgehead atoms. The standard InChI is InChI=1S/C59H106O15/c1-3-5-7-9-11-13-15-17-19-20-21-22-23-24-25-26-28-29-31-33-35-37-39-41-50(61)69-44-47(72-51(62)42-40-38-36-34-32-30-27-18-16-14-12-10-8-6-4-2)45-70-58-57(68)55(66)53(64)49(74-58)46-71-59-56(67)54(65)52(63)48(43-60)73-59/h18,27,32-35,47-49,52-60,63-68H,3-17,19-26,28-31,36-46H2,1-2H3/b27-18+,34-32+,35-33+/t47-,48+,49+,52-,53-,54?,55?,56?,57?,58+,59+/m0/s1. The SMILES string of the molecule is CCCCCCCC/C=C/C/C=C/CCCCC(=O)O[C@@H](COC(=O)CCC/C=C/CCCCCCCCCCCCCCCCCCCC)CO[C@@H]1O[C@H](CO[C@@H]2O[C@H](CO)[C@H](O)C(O)C2O)[C@H](O)C(O)C1O. The fourth-order valence-electron chi connectivity index (χ4n) is 9.25. The molecule has 2 heterocycles. The van der Waals surface area contributed by atoms with Gasteiger partial charge in [-0.3, -0.25) is 9.59 Å². The van der Waals surface area contributed by atoms with Gasteiger partial charge < -0.3 is 64.2 Å². The first-order valence-corrected chi connectivity index (χ1v) is 29.6. The topological polar surface area (TPSA) is 231 Å². The van der Waals surface area contributed by atoms with Crippen LogP contribution in [-0.2, 0) is 38.0 Å². The molecule has 15 nitrogen and oxygen atoms in total. The maximum Gasteiger partial charge on any atom is 0.306 e. The van der Waals surface area contributed by atoms with Crippen molar-refractivity contribution in [2.75, 3.05) is 26.4 Å². The quantitative estimate of drug-likeness (QED) is 0.0171. The van der Waals surface area contributed by atoms with Crippen LogP contribution >= 0.6 is 0 Å². The van der Waals surface area contributed by atoms with Gasteiger partial charge in [-0.15, -0.1) is 0 Å². The van der Waals surface area contributed by atoms with Crippen LogP contribution in [0, 0.1) is 0 Å². The number of hydrogen-bond donors (Lipinski definition) is 7. The fraction of sp³-hybridized carbons (Fsp3) is 0.864. The highest BCUT2D eigenvalue weighted by Gasteiger charge is 2.47. The average Bonchev–Trinajstić information content (AvgIpc) is 3.39. The zero-order valence-electron chi connectivity index (χ0n) is 46.1. The third-order valence-corrected chi connectivity index (χ3v) is 14.1. The van der Waals surface area contributed by atoms with Crippen molar-refractivity contribution in [1.29, 1.82) is 0 Å². The predicted molar refractivity (Wildman–Crippen MR) is 289 cm³/mol. The lowest BCUT2D eigenvalue weighted by Crippen LogP contribution is -2.61. The third-order valence-electron chi connectivity index (χ3n) is 14.1. The monoisotopic (exact) mass is 1050 g/mol. The largest absolute Gasteiger partial charge is 0.462 e. The summed E-state index contributed by atoms with van der Waals surface area (Å²) in [5.74, 6) is -0.993. The van der Waals surface area contributed by atoms with E-state index in [0.717, 1.165) is 44.9 Å². The van der Waals surface area contributed by atoms with Gasteiger partial charge in [-0.2, -0.15) is 0 Å². The number of rotatable bonds is 47. The highest BCUT2D eigenvalue weighted by atomic mass is 16.7. The number of carbonyl (C=O) groups excluding carboxylic acids is 2. The van der Waals surface area contributed by atoms with Gasteiger partial charge in [0.05, 0.1) is 19.8 Å². The van der Waals surface area contributed by atoms with Crippen molar-refractivity contribution in [3.05, 3.63) is 36.5 Å². The number of aliphatic hydroxyl groups is 7. The molecule has 0 aromatic carbocycles. The molecule has 0 aliphatic carbocycles. The first-order valence-electron chi connectivity index (χ1n) is 29.6. The van der Waals surface area contributed by atoms with Crippen LogP contribution in [0.25, 0.3) is 0 Å². The lowest BCUT2D eigenvalue weighted by atomic mass is 9.98. The fourth-order valence-corrected chi connectivity index (χ4v) is 9.25. The molecule has 2 fully saturated rings. The molecule has 0 spiro atoms. The molecule has 2 aliphatic rings. The molecule has 11 atom stereocenters. The second kappa shape index (κ2) is 45.7. The van der Waals surface area contributed by atoms with Crippen LogP contribution in [0.2, 0.25) is 0 Å². The second-order valence-electron chi connectivity index (χ2n) is 20.8. The van der Waals surface area contributed by atoms with Gasteiger partial charge in [0.15, 0.2) is 18.7 Å². The Morgan fingerprint density at radius 3 is 1.31 bits per heavy atom. The van der Waals surface area contributed by atoms with Gasteiger partial charge in [0.1, 0.15) is 55.4 Å². The molecule has 2 saturated heterocycles. The van der Waals surface area contributed by atoms with Crippen molar-refractivity contribution in [2.45, 2.75) is 300 Å². The smallest absolute Gasteiger partial charge is 0.306 e. The predicted octanol–water partition coefficient (Wildman–Crippen LogP) is 10.1. The van der Waals surface area contributed by atoms with Gasteiger partial charge in [-0.1, -0.05) is 192 Å². The van der Waals surface area contributed by atoms with E-state index in [1.165, 1.54) is 148 Å². The van der Waals surface area contributed by atoms with Crippen LogP contribution in [0.15, 0.2) is 36.5 Å². The Hall–Kier alpha value is -2.28. The molecule has 0 amide bonds. The van der Waals surface area contributed by atoms with E-state index in [2.05, 4.69) is 50.3 Å². The zero-order chi connectivity index (χ0) is 53.9. The van der Waals surface area contributed by atoms with Gasteiger partial charge in [-0.25, -0.2) is 0 Å². The van der Waals surface area contributed by atoms with Gasteiger partial charge >= 0.3 is 11.9 Å². The van der Waals surface area contributed by atoms with Crippen LogP contribution in [0.1, 0.15) is 232 Å². The van der Waals surface area contributed by atoms with E-state index in [-0.39, 0.29) is 19.4 Å². The Balaban J connectivity index is 1.75. The van der Waals surface area contributed by atoms with Crippen molar-refractivity contribution in [2.24, 2.45) is 0 Å². The number of aliphatic hydroxyl groups excluding tert-OH is 7. The third kappa shape index (κ3) is 32.5. The first-order chi connectivity index (χ1) is 36.0. The molecular formula is C59H106O15. The van der Waals surface area contributed by atoms with Crippen LogP contribution in [-0.4, -0.2) is 142 Å². The summed E-state index contributed by atoms with van der Waals surface area (Å²) in [4.78, 5) is 25.8. The Bertz CT molecular complexity index is 1430.